The fraction of sp³-hybridized carbons (Fsp3) is 0. The number of nitro benzene ring substituents is 1. The minimum Gasteiger partial charge on any atom is -0.378 e. The summed E-state index contributed by atoms with van der Waals surface area (Å²) in [5, 5.41) is 10.9. The van der Waals surface area contributed by atoms with Gasteiger partial charge in [-0.2, -0.15) is 8.42 Å². The number of rotatable bonds is 5. The summed E-state index contributed by atoms with van der Waals surface area (Å²) in [5.41, 5.74) is 4.35. The predicted octanol–water partition coefficient (Wildman–Crippen LogP) is 1.46. The molecule has 0 fully saturated rings. The van der Waals surface area contributed by atoms with E-state index in [0.29, 0.717) is 0 Å². The van der Waals surface area contributed by atoms with E-state index in [-0.39, 0.29) is 11.3 Å². The Labute approximate surface area is 125 Å². The molecule has 0 aliphatic rings. The van der Waals surface area contributed by atoms with E-state index >= 15 is 0 Å². The van der Waals surface area contributed by atoms with Crippen molar-refractivity contribution < 1.29 is 22.3 Å². The number of carbonyl (C=O) groups excluding carboxylic acids is 1. The average Bonchev–Trinajstić information content (AvgIpc) is 2.47. The number of carbonyl (C=O) groups is 1. The summed E-state index contributed by atoms with van der Waals surface area (Å²) in [6, 6.07) is 10.2. The Morgan fingerprint density at radius 1 is 1.09 bits per heavy atom. The van der Waals surface area contributed by atoms with Crippen LogP contribution in [-0.2, 0) is 10.1 Å². The Kier molecular flexibility index (Phi) is 4.08. The molecule has 0 aliphatic heterocycles. The number of para-hydroxylation sites is 2. The Morgan fingerprint density at radius 3 is 2.32 bits per heavy atom. The van der Waals surface area contributed by atoms with E-state index in [0.717, 1.165) is 12.1 Å². The van der Waals surface area contributed by atoms with Crippen molar-refractivity contribution in [2.45, 2.75) is 4.90 Å². The van der Waals surface area contributed by atoms with Crippen molar-refractivity contribution >= 4 is 21.7 Å². The fourth-order valence-electron chi connectivity index (χ4n) is 1.73. The minimum atomic E-state index is -4.49. The quantitative estimate of drug-likeness (QED) is 0.504. The second-order valence-corrected chi connectivity index (χ2v) is 5.64. The van der Waals surface area contributed by atoms with Crippen LogP contribution in [0, 0.1) is 10.1 Å². The molecule has 2 N–H and O–H groups in total. The number of hydrogen-bond donors (Lipinski definition) is 1. The molecule has 0 aliphatic carbocycles. The molecule has 0 unspecified atom stereocenters. The molecule has 0 aromatic heterocycles. The third-order valence-corrected chi connectivity index (χ3v) is 3.97. The van der Waals surface area contributed by atoms with Crippen molar-refractivity contribution in [1.82, 2.24) is 0 Å². The molecule has 2 rings (SSSR count). The van der Waals surface area contributed by atoms with Gasteiger partial charge >= 0.3 is 10.1 Å². The second-order valence-electron chi connectivity index (χ2n) is 4.12. The molecular formula is C13H10N2O6S. The number of benzene rings is 2. The number of nitrogens with two attached hydrogens (primary N) is 1. The first-order chi connectivity index (χ1) is 10.3. The van der Waals surface area contributed by atoms with Gasteiger partial charge in [-0.3, -0.25) is 14.9 Å². The van der Waals surface area contributed by atoms with E-state index in [4.69, 9.17) is 9.92 Å². The minimum absolute atomic E-state index is 0.148. The molecule has 0 saturated heterocycles. The average molecular weight is 322 g/mol. The summed E-state index contributed by atoms with van der Waals surface area (Å²) in [5.74, 6) is -1.18. The van der Waals surface area contributed by atoms with Gasteiger partial charge in [-0.05, 0) is 18.2 Å². The van der Waals surface area contributed by atoms with Crippen molar-refractivity contribution in [3.63, 3.8) is 0 Å². The van der Waals surface area contributed by atoms with Crippen LogP contribution in [0.4, 0.5) is 5.69 Å². The normalized spacial score (nSPS) is 10.9. The zero-order valence-electron chi connectivity index (χ0n) is 11.0. The van der Waals surface area contributed by atoms with Crippen LogP contribution in [0.25, 0.3) is 0 Å². The van der Waals surface area contributed by atoms with Gasteiger partial charge in [-0.1, -0.05) is 24.3 Å². The molecule has 8 nitrogen and oxygen atoms in total. The lowest BCUT2D eigenvalue weighted by atomic mass is 10.2. The van der Waals surface area contributed by atoms with Gasteiger partial charge in [-0.15, -0.1) is 0 Å². The van der Waals surface area contributed by atoms with Crippen LogP contribution in [0.2, 0.25) is 0 Å². The Morgan fingerprint density at radius 2 is 1.68 bits per heavy atom. The highest BCUT2D eigenvalue weighted by molar-refractivity contribution is 7.87. The first-order valence-corrected chi connectivity index (χ1v) is 7.30. The topological polar surface area (TPSA) is 130 Å². The standard InChI is InChI=1S/C13H10N2O6S/c14-13(16)9-5-1-3-7-11(9)21-22(19,20)12-8-4-2-6-10(12)15(17)18/h1-8H,(H2,14,16). The largest absolute Gasteiger partial charge is 0.378 e. The Hall–Kier alpha value is -2.94. The Bertz CT molecular complexity index is 847. The zero-order chi connectivity index (χ0) is 16.3. The monoisotopic (exact) mass is 322 g/mol. The molecule has 0 saturated carbocycles. The van der Waals surface area contributed by atoms with Crippen LogP contribution in [0.3, 0.4) is 0 Å². The van der Waals surface area contributed by atoms with E-state index in [1.807, 2.05) is 0 Å². The highest BCUT2D eigenvalue weighted by Crippen LogP contribution is 2.27. The molecule has 114 valence electrons. The lowest BCUT2D eigenvalue weighted by Gasteiger charge is -2.09. The van der Waals surface area contributed by atoms with Crippen molar-refractivity contribution in [2.24, 2.45) is 5.73 Å². The maximum atomic E-state index is 12.2. The molecule has 22 heavy (non-hydrogen) atoms. The fourth-order valence-corrected chi connectivity index (χ4v) is 2.84. The van der Waals surface area contributed by atoms with Crippen molar-refractivity contribution in [3.8, 4) is 5.75 Å². The maximum absolute atomic E-state index is 12.2. The lowest BCUT2D eigenvalue weighted by molar-refractivity contribution is -0.387. The van der Waals surface area contributed by atoms with Gasteiger partial charge in [0.25, 0.3) is 11.6 Å². The van der Waals surface area contributed by atoms with Crippen LogP contribution in [0.5, 0.6) is 5.75 Å². The number of amides is 1. The molecule has 0 radical (unpaired) electrons. The van der Waals surface area contributed by atoms with Crippen molar-refractivity contribution in [3.05, 3.63) is 64.2 Å². The van der Waals surface area contributed by atoms with Crippen LogP contribution < -0.4 is 9.92 Å². The van der Waals surface area contributed by atoms with Crippen molar-refractivity contribution in [2.75, 3.05) is 0 Å². The van der Waals surface area contributed by atoms with Crippen LogP contribution >= 0.6 is 0 Å². The third-order valence-electron chi connectivity index (χ3n) is 2.68. The first-order valence-electron chi connectivity index (χ1n) is 5.89. The third kappa shape index (κ3) is 3.04. The van der Waals surface area contributed by atoms with Gasteiger partial charge in [0.2, 0.25) is 0 Å². The van der Waals surface area contributed by atoms with E-state index in [2.05, 4.69) is 0 Å². The highest BCUT2D eigenvalue weighted by Gasteiger charge is 2.28. The zero-order valence-corrected chi connectivity index (χ0v) is 11.8. The van der Waals surface area contributed by atoms with Crippen LogP contribution in [0.15, 0.2) is 53.4 Å². The molecule has 2 aromatic carbocycles. The summed E-state index contributed by atoms with van der Waals surface area (Å²) in [7, 11) is -4.49. The molecule has 0 heterocycles. The van der Waals surface area contributed by atoms with Crippen molar-refractivity contribution in [1.29, 1.82) is 0 Å². The first kappa shape index (κ1) is 15.4. The lowest BCUT2D eigenvalue weighted by Crippen LogP contribution is -2.17. The number of primary amides is 1. The number of hydrogen-bond acceptors (Lipinski definition) is 6. The molecule has 0 bridgehead atoms. The van der Waals surface area contributed by atoms with Crippen LogP contribution in [-0.4, -0.2) is 19.2 Å². The van der Waals surface area contributed by atoms with Gasteiger partial charge in [-0.25, -0.2) is 0 Å². The molecular weight excluding hydrogens is 312 g/mol. The van der Waals surface area contributed by atoms with Crippen LogP contribution in [0.1, 0.15) is 10.4 Å². The number of nitro groups is 1. The van der Waals surface area contributed by atoms with Gasteiger partial charge in [0.05, 0.1) is 10.5 Å². The van der Waals surface area contributed by atoms with Gasteiger partial charge < -0.3 is 9.92 Å². The van der Waals surface area contributed by atoms with E-state index < -0.39 is 31.5 Å². The highest BCUT2D eigenvalue weighted by atomic mass is 32.2. The van der Waals surface area contributed by atoms with E-state index in [9.17, 15) is 23.3 Å². The maximum Gasteiger partial charge on any atom is 0.346 e. The summed E-state index contributed by atoms with van der Waals surface area (Å²) in [6.45, 7) is 0. The molecule has 1 amide bonds. The SMILES string of the molecule is NC(=O)c1ccccc1OS(=O)(=O)c1ccccc1[N+](=O)[O-]. The second kappa shape index (κ2) is 5.82. The van der Waals surface area contributed by atoms with Gasteiger partial charge in [0.15, 0.2) is 10.6 Å². The summed E-state index contributed by atoms with van der Waals surface area (Å²) in [6.07, 6.45) is 0. The molecule has 0 spiro atoms. The molecule has 0 atom stereocenters. The van der Waals surface area contributed by atoms with Gasteiger partial charge in [0.1, 0.15) is 0 Å². The van der Waals surface area contributed by atoms with E-state index in [1.165, 1.54) is 36.4 Å². The summed E-state index contributed by atoms with van der Waals surface area (Å²) < 4.78 is 29.3. The summed E-state index contributed by atoms with van der Waals surface area (Å²) >= 11 is 0. The van der Waals surface area contributed by atoms with Gasteiger partial charge in [0, 0.05) is 6.07 Å². The van der Waals surface area contributed by atoms with E-state index in [1.54, 1.807) is 0 Å². The summed E-state index contributed by atoms with van der Waals surface area (Å²) in [4.78, 5) is 20.7. The smallest absolute Gasteiger partial charge is 0.346 e. The molecule has 9 heteroatoms. The Balaban J connectivity index is 2.50. The predicted molar refractivity (Wildman–Crippen MR) is 75.9 cm³/mol. The molecule has 2 aromatic rings. The number of nitrogens with zero attached hydrogens (tertiary/aromatic N) is 1.